The van der Waals surface area contributed by atoms with Crippen molar-refractivity contribution in [2.45, 2.75) is 6.92 Å². The van der Waals surface area contributed by atoms with Gasteiger partial charge in [-0.1, -0.05) is 24.3 Å². The molecule has 2 N–H and O–H groups in total. The summed E-state index contributed by atoms with van der Waals surface area (Å²) in [7, 11) is 0. The van der Waals surface area contributed by atoms with Gasteiger partial charge in [-0.25, -0.2) is 9.78 Å². The monoisotopic (exact) mass is 278 g/mol. The maximum atomic E-state index is 11.2. The molecule has 3 aromatic rings. The summed E-state index contributed by atoms with van der Waals surface area (Å²) >= 11 is 0. The molecule has 0 saturated heterocycles. The van der Waals surface area contributed by atoms with E-state index in [4.69, 9.17) is 0 Å². The molecule has 0 radical (unpaired) electrons. The molecular weight excluding hydrogens is 264 g/mol. The number of aryl methyl sites for hydroxylation is 1. The molecule has 2 aromatic carbocycles. The fraction of sp³-hybridized carbons (Fsp3) is 0.0588. The SMILES string of the molecule is Cc1ccccc1Nc1ccc2c(C(=O)O)cccc2n1. The molecule has 0 spiro atoms. The number of nitrogens with one attached hydrogen (secondary N) is 1. The molecule has 0 aliphatic heterocycles. The highest BCUT2D eigenvalue weighted by Crippen LogP contribution is 2.23. The van der Waals surface area contributed by atoms with Crippen molar-refractivity contribution < 1.29 is 9.90 Å². The molecule has 0 saturated carbocycles. The number of rotatable bonds is 3. The minimum atomic E-state index is -0.943. The minimum Gasteiger partial charge on any atom is -0.478 e. The molecule has 4 nitrogen and oxygen atoms in total. The summed E-state index contributed by atoms with van der Waals surface area (Å²) in [6.07, 6.45) is 0. The number of hydrogen-bond donors (Lipinski definition) is 2. The smallest absolute Gasteiger partial charge is 0.336 e. The number of benzene rings is 2. The quantitative estimate of drug-likeness (QED) is 0.760. The molecular formula is C17H14N2O2. The van der Waals surface area contributed by atoms with Crippen molar-refractivity contribution in [3.05, 3.63) is 65.7 Å². The Bertz CT molecular complexity index is 828. The summed E-state index contributed by atoms with van der Waals surface area (Å²) < 4.78 is 0. The van der Waals surface area contributed by atoms with E-state index in [1.165, 1.54) is 0 Å². The lowest BCUT2D eigenvalue weighted by Gasteiger charge is -2.10. The lowest BCUT2D eigenvalue weighted by atomic mass is 10.1. The second-order valence-corrected chi connectivity index (χ2v) is 4.81. The summed E-state index contributed by atoms with van der Waals surface area (Å²) in [4.78, 5) is 15.7. The molecule has 0 amide bonds. The Balaban J connectivity index is 2.03. The van der Waals surface area contributed by atoms with Gasteiger partial charge in [-0.2, -0.15) is 0 Å². The normalized spacial score (nSPS) is 10.5. The molecule has 1 heterocycles. The van der Waals surface area contributed by atoms with Crippen molar-refractivity contribution >= 4 is 28.4 Å². The first kappa shape index (κ1) is 13.1. The number of fused-ring (bicyclic) bond motifs is 1. The van der Waals surface area contributed by atoms with Gasteiger partial charge >= 0.3 is 5.97 Å². The molecule has 3 rings (SSSR count). The van der Waals surface area contributed by atoms with Crippen LogP contribution in [-0.2, 0) is 0 Å². The largest absolute Gasteiger partial charge is 0.478 e. The fourth-order valence-corrected chi connectivity index (χ4v) is 2.26. The number of pyridine rings is 1. The Labute approximate surface area is 122 Å². The minimum absolute atomic E-state index is 0.266. The first-order chi connectivity index (χ1) is 10.1. The van der Waals surface area contributed by atoms with Gasteiger partial charge in [0.25, 0.3) is 0 Å². The molecule has 4 heteroatoms. The Morgan fingerprint density at radius 2 is 1.86 bits per heavy atom. The molecule has 0 aliphatic carbocycles. The van der Waals surface area contributed by atoms with E-state index in [-0.39, 0.29) is 5.56 Å². The number of hydrogen-bond acceptors (Lipinski definition) is 3. The van der Waals surface area contributed by atoms with Gasteiger partial charge in [0.1, 0.15) is 5.82 Å². The van der Waals surface area contributed by atoms with Crippen LogP contribution in [0.25, 0.3) is 10.9 Å². The molecule has 104 valence electrons. The van der Waals surface area contributed by atoms with Crippen molar-refractivity contribution in [3.63, 3.8) is 0 Å². The Morgan fingerprint density at radius 3 is 2.62 bits per heavy atom. The van der Waals surface area contributed by atoms with Crippen LogP contribution in [0.5, 0.6) is 0 Å². The number of nitrogens with zero attached hydrogens (tertiary/aromatic N) is 1. The van der Waals surface area contributed by atoms with Crippen LogP contribution in [0, 0.1) is 6.92 Å². The van der Waals surface area contributed by atoms with E-state index in [2.05, 4.69) is 10.3 Å². The molecule has 0 atom stereocenters. The van der Waals surface area contributed by atoms with Gasteiger partial charge in [-0.3, -0.25) is 0 Å². The number of para-hydroxylation sites is 1. The number of carboxylic acid groups (broad SMARTS) is 1. The zero-order chi connectivity index (χ0) is 14.8. The molecule has 0 bridgehead atoms. The average molecular weight is 278 g/mol. The zero-order valence-corrected chi connectivity index (χ0v) is 11.5. The fourth-order valence-electron chi connectivity index (χ4n) is 2.26. The lowest BCUT2D eigenvalue weighted by molar-refractivity contribution is 0.0699. The lowest BCUT2D eigenvalue weighted by Crippen LogP contribution is -2.00. The van der Waals surface area contributed by atoms with Crippen molar-refractivity contribution in [2.24, 2.45) is 0 Å². The van der Waals surface area contributed by atoms with Gasteiger partial charge in [-0.15, -0.1) is 0 Å². The van der Waals surface area contributed by atoms with E-state index in [1.807, 2.05) is 37.3 Å². The van der Waals surface area contributed by atoms with Gasteiger partial charge in [0.05, 0.1) is 11.1 Å². The number of aromatic carboxylic acids is 1. The van der Waals surface area contributed by atoms with E-state index in [1.54, 1.807) is 24.3 Å². The first-order valence-corrected chi connectivity index (χ1v) is 6.61. The van der Waals surface area contributed by atoms with Crippen molar-refractivity contribution in [2.75, 3.05) is 5.32 Å². The molecule has 21 heavy (non-hydrogen) atoms. The van der Waals surface area contributed by atoms with Gasteiger partial charge in [0.2, 0.25) is 0 Å². The topological polar surface area (TPSA) is 62.2 Å². The van der Waals surface area contributed by atoms with Gasteiger partial charge in [0.15, 0.2) is 0 Å². The van der Waals surface area contributed by atoms with Crippen LogP contribution < -0.4 is 5.32 Å². The summed E-state index contributed by atoms with van der Waals surface area (Å²) in [5.41, 5.74) is 3.04. The average Bonchev–Trinajstić information content (AvgIpc) is 2.48. The van der Waals surface area contributed by atoms with Crippen molar-refractivity contribution in [1.82, 2.24) is 4.98 Å². The van der Waals surface area contributed by atoms with E-state index in [9.17, 15) is 9.90 Å². The van der Waals surface area contributed by atoms with Crippen LogP contribution >= 0.6 is 0 Å². The maximum absolute atomic E-state index is 11.2. The third-order valence-corrected chi connectivity index (χ3v) is 3.37. The van der Waals surface area contributed by atoms with Gasteiger partial charge < -0.3 is 10.4 Å². The van der Waals surface area contributed by atoms with Crippen molar-refractivity contribution in [3.8, 4) is 0 Å². The first-order valence-electron chi connectivity index (χ1n) is 6.61. The summed E-state index contributed by atoms with van der Waals surface area (Å²) in [5, 5.41) is 13.1. The Kier molecular flexibility index (Phi) is 3.28. The highest BCUT2D eigenvalue weighted by atomic mass is 16.4. The van der Waals surface area contributed by atoms with Crippen LogP contribution in [0.15, 0.2) is 54.6 Å². The zero-order valence-electron chi connectivity index (χ0n) is 11.5. The number of anilines is 2. The number of carboxylic acids is 1. The standard InChI is InChI=1S/C17H14N2O2/c1-11-5-2-3-7-14(11)18-16-10-9-12-13(17(20)21)6-4-8-15(12)19-16/h2-10H,1H3,(H,18,19)(H,20,21). The summed E-state index contributed by atoms with van der Waals surface area (Å²) in [6, 6.07) is 16.6. The van der Waals surface area contributed by atoms with Crippen molar-refractivity contribution in [1.29, 1.82) is 0 Å². The molecule has 0 fully saturated rings. The third-order valence-electron chi connectivity index (χ3n) is 3.37. The van der Waals surface area contributed by atoms with Crippen LogP contribution in [0.3, 0.4) is 0 Å². The molecule has 0 aliphatic rings. The molecule has 0 unspecified atom stereocenters. The number of aromatic nitrogens is 1. The predicted octanol–water partition coefficient (Wildman–Crippen LogP) is 3.99. The second-order valence-electron chi connectivity index (χ2n) is 4.81. The maximum Gasteiger partial charge on any atom is 0.336 e. The second kappa shape index (κ2) is 5.25. The van der Waals surface area contributed by atoms with Crippen LogP contribution in [0.2, 0.25) is 0 Å². The summed E-state index contributed by atoms with van der Waals surface area (Å²) in [5.74, 6) is -0.249. The van der Waals surface area contributed by atoms with Gasteiger partial charge in [-0.05, 0) is 42.8 Å². The van der Waals surface area contributed by atoms with Crippen LogP contribution in [0.1, 0.15) is 15.9 Å². The third kappa shape index (κ3) is 2.56. The van der Waals surface area contributed by atoms with E-state index in [0.29, 0.717) is 16.7 Å². The van der Waals surface area contributed by atoms with E-state index >= 15 is 0 Å². The van der Waals surface area contributed by atoms with Crippen LogP contribution in [-0.4, -0.2) is 16.1 Å². The summed E-state index contributed by atoms with van der Waals surface area (Å²) in [6.45, 7) is 2.02. The number of carbonyl (C=O) groups is 1. The van der Waals surface area contributed by atoms with Crippen LogP contribution in [0.4, 0.5) is 11.5 Å². The molecule has 1 aromatic heterocycles. The predicted molar refractivity (Wildman–Crippen MR) is 83.2 cm³/mol. The van der Waals surface area contributed by atoms with E-state index < -0.39 is 5.97 Å². The highest BCUT2D eigenvalue weighted by molar-refractivity contribution is 6.02. The van der Waals surface area contributed by atoms with E-state index in [0.717, 1.165) is 11.3 Å². The Hall–Kier alpha value is -2.88. The Morgan fingerprint density at radius 1 is 1.05 bits per heavy atom. The van der Waals surface area contributed by atoms with Gasteiger partial charge in [0, 0.05) is 11.1 Å². The highest BCUT2D eigenvalue weighted by Gasteiger charge is 2.09.